The second-order valence-corrected chi connectivity index (χ2v) is 5.81. The first-order valence-electron chi connectivity index (χ1n) is 6.81. The van der Waals surface area contributed by atoms with Crippen molar-refractivity contribution in [2.45, 2.75) is 31.3 Å². The summed E-state index contributed by atoms with van der Waals surface area (Å²) >= 11 is 0. The normalized spacial score (nSPS) is 10.8. The molecule has 4 nitrogen and oxygen atoms in total. The van der Waals surface area contributed by atoms with E-state index >= 15 is 0 Å². The minimum absolute atomic E-state index is 0.122. The largest absolute Gasteiger partial charge is 0.476 e. The molecule has 1 heterocycles. The summed E-state index contributed by atoms with van der Waals surface area (Å²) < 4.78 is 16.3. The van der Waals surface area contributed by atoms with Crippen molar-refractivity contribution in [3.63, 3.8) is 0 Å². The molecule has 0 saturated heterocycles. The second kappa shape index (κ2) is 7.13. The summed E-state index contributed by atoms with van der Waals surface area (Å²) in [5.41, 5.74) is 1.96. The van der Waals surface area contributed by atoms with E-state index in [1.165, 1.54) is 17.7 Å². The number of hydrogen-bond donors (Lipinski definition) is 1. The average Bonchev–Trinajstić information content (AvgIpc) is 2.97. The fourth-order valence-electron chi connectivity index (χ4n) is 1.89. The van der Waals surface area contributed by atoms with Crippen LogP contribution in [0.15, 0.2) is 45.9 Å². The van der Waals surface area contributed by atoms with Gasteiger partial charge in [-0.05, 0) is 42.7 Å². The van der Waals surface area contributed by atoms with Crippen LogP contribution in [0.3, 0.4) is 0 Å². The highest BCUT2D eigenvalue weighted by Gasteiger charge is 2.09. The molecule has 0 atom stereocenters. The molecule has 5 heteroatoms. The molecule has 1 aromatic heterocycles. The average molecular weight is 304 g/mol. The number of unbranched alkanes of at least 4 members (excludes halogenated alkanes) is 1. The van der Waals surface area contributed by atoms with Crippen molar-refractivity contribution in [2.75, 3.05) is 5.32 Å². The van der Waals surface area contributed by atoms with Gasteiger partial charge in [0, 0.05) is 10.8 Å². The van der Waals surface area contributed by atoms with Gasteiger partial charge in [-0.1, -0.05) is 25.5 Å². The Hall–Kier alpha value is -2.01. The first-order chi connectivity index (χ1) is 10.1. The molecule has 0 bridgehead atoms. The topological polar surface area (TPSA) is 59.3 Å². The van der Waals surface area contributed by atoms with Gasteiger partial charge in [-0.2, -0.15) is 5.87 Å². The Balaban J connectivity index is 2.01. The maximum absolute atomic E-state index is 12.0. The maximum Gasteiger partial charge on any atom is 0.291 e. The Bertz CT molecular complexity index is 676. The lowest BCUT2D eigenvalue weighted by atomic mass is 10.1. The zero-order valence-electron chi connectivity index (χ0n) is 11.9. The highest BCUT2D eigenvalue weighted by molar-refractivity contribution is 7.82. The molecule has 1 aromatic carbocycles. The minimum atomic E-state index is -1.47. The zero-order valence-corrected chi connectivity index (χ0v) is 12.7. The van der Waals surface area contributed by atoms with Gasteiger partial charge in [0.2, 0.25) is 0 Å². The van der Waals surface area contributed by atoms with Crippen molar-refractivity contribution in [3.05, 3.63) is 47.7 Å². The monoisotopic (exact) mass is 304 g/mol. The van der Waals surface area contributed by atoms with Crippen LogP contribution in [-0.4, -0.2) is 11.8 Å². The summed E-state index contributed by atoms with van der Waals surface area (Å²) in [5.74, 6) is 3.10. The Morgan fingerprint density at radius 2 is 1.95 bits per heavy atom. The van der Waals surface area contributed by atoms with Gasteiger partial charge in [0.1, 0.15) is 0 Å². The van der Waals surface area contributed by atoms with Crippen LogP contribution in [0.25, 0.3) is 0 Å². The van der Waals surface area contributed by atoms with E-state index in [0.29, 0.717) is 5.69 Å². The van der Waals surface area contributed by atoms with Crippen LogP contribution in [0.1, 0.15) is 35.9 Å². The Morgan fingerprint density at radius 1 is 1.24 bits per heavy atom. The lowest BCUT2D eigenvalue weighted by Crippen LogP contribution is -2.10. The van der Waals surface area contributed by atoms with Crippen molar-refractivity contribution >= 4 is 27.9 Å². The molecule has 0 aliphatic rings. The summed E-state index contributed by atoms with van der Waals surface area (Å²) in [6.07, 6.45) is 3.36. The predicted molar refractivity (Wildman–Crippen MR) is 85.2 cm³/mol. The van der Waals surface area contributed by atoms with Crippen LogP contribution in [0.5, 0.6) is 0 Å². The zero-order chi connectivity index (χ0) is 15.2. The summed E-state index contributed by atoms with van der Waals surface area (Å²) in [6.45, 7) is 2.16. The van der Waals surface area contributed by atoms with E-state index in [1.54, 1.807) is 0 Å². The Labute approximate surface area is 126 Å². The van der Waals surface area contributed by atoms with Gasteiger partial charge >= 0.3 is 0 Å². The molecule has 0 fully saturated rings. The third-order valence-corrected chi connectivity index (χ3v) is 3.73. The number of amides is 1. The van der Waals surface area contributed by atoms with E-state index in [1.807, 2.05) is 24.3 Å². The Kier molecular flexibility index (Phi) is 5.22. The molecule has 0 unspecified atom stereocenters. The number of aryl methyl sites for hydroxylation is 1. The second-order valence-electron chi connectivity index (χ2n) is 4.72. The van der Waals surface area contributed by atoms with Crippen molar-refractivity contribution in [3.8, 4) is 0 Å². The van der Waals surface area contributed by atoms with E-state index in [0.717, 1.165) is 19.3 Å². The lowest BCUT2D eigenvalue weighted by Gasteiger charge is -2.05. The molecule has 0 saturated carbocycles. The third kappa shape index (κ3) is 4.23. The van der Waals surface area contributed by atoms with E-state index < -0.39 is 10.4 Å². The number of hydrogen-bond acceptors (Lipinski definition) is 4. The predicted octanol–water partition coefficient (Wildman–Crippen LogP) is 3.63. The first kappa shape index (κ1) is 15.4. The van der Waals surface area contributed by atoms with Crippen LogP contribution in [0.2, 0.25) is 0 Å². The molecular weight excluding hydrogens is 286 g/mol. The van der Waals surface area contributed by atoms with Crippen LogP contribution < -0.4 is 5.32 Å². The van der Waals surface area contributed by atoms with Crippen LogP contribution in [0, 0.1) is 0 Å². The van der Waals surface area contributed by atoms with Crippen molar-refractivity contribution < 1.29 is 13.4 Å². The van der Waals surface area contributed by atoms with Crippen LogP contribution >= 0.6 is 0 Å². The fourth-order valence-corrected chi connectivity index (χ4v) is 2.30. The van der Waals surface area contributed by atoms with Crippen molar-refractivity contribution in [1.29, 1.82) is 0 Å². The quantitative estimate of drug-likeness (QED) is 0.655. The smallest absolute Gasteiger partial charge is 0.291 e. The highest BCUT2D eigenvalue weighted by Crippen LogP contribution is 2.15. The van der Waals surface area contributed by atoms with E-state index in [-0.39, 0.29) is 16.8 Å². The number of benzene rings is 1. The van der Waals surface area contributed by atoms with Crippen LogP contribution in [-0.2, 0) is 21.0 Å². The van der Waals surface area contributed by atoms with Gasteiger partial charge in [-0.3, -0.25) is 4.79 Å². The summed E-state index contributed by atoms with van der Waals surface area (Å²) in [6, 6.07) is 10.7. The number of carbonyl (C=O) groups excluding carboxylic acids is 1. The molecule has 0 spiro atoms. The minimum Gasteiger partial charge on any atom is -0.476 e. The standard InChI is InChI=1S/C16H18NO3S/c1-3-4-5-12-6-8-13(9-7-12)17-16(18)14-10-11-15(20-14)21(2)19/h6-11H,2-5H2,1H3,(H,17,18)/q-1. The van der Waals surface area contributed by atoms with Crippen molar-refractivity contribution in [2.24, 2.45) is 0 Å². The number of anilines is 1. The molecule has 2 rings (SSSR count). The number of rotatable bonds is 6. The van der Waals surface area contributed by atoms with Gasteiger partial charge in [-0.15, -0.1) is 0 Å². The maximum atomic E-state index is 12.0. The third-order valence-electron chi connectivity index (χ3n) is 3.06. The Morgan fingerprint density at radius 3 is 2.52 bits per heavy atom. The van der Waals surface area contributed by atoms with E-state index in [9.17, 15) is 9.00 Å². The number of furan rings is 1. The van der Waals surface area contributed by atoms with Crippen LogP contribution in [0.4, 0.5) is 5.69 Å². The molecule has 0 aliphatic heterocycles. The van der Waals surface area contributed by atoms with E-state index in [4.69, 9.17) is 4.42 Å². The van der Waals surface area contributed by atoms with Gasteiger partial charge in [0.15, 0.2) is 5.76 Å². The fraction of sp³-hybridized carbons (Fsp3) is 0.250. The lowest BCUT2D eigenvalue weighted by molar-refractivity contribution is 0.0992. The molecule has 0 radical (unpaired) electrons. The number of carbonyl (C=O) groups is 1. The highest BCUT2D eigenvalue weighted by atomic mass is 32.2. The summed E-state index contributed by atoms with van der Waals surface area (Å²) in [7, 11) is -1.47. The summed E-state index contributed by atoms with van der Waals surface area (Å²) in [5, 5.41) is 2.93. The molecule has 0 aliphatic carbocycles. The molecule has 21 heavy (non-hydrogen) atoms. The van der Waals surface area contributed by atoms with E-state index in [2.05, 4.69) is 18.1 Å². The van der Waals surface area contributed by atoms with Gasteiger partial charge < -0.3 is 13.9 Å². The van der Waals surface area contributed by atoms with Gasteiger partial charge in [0.25, 0.3) is 5.91 Å². The molecule has 1 amide bonds. The molecule has 112 valence electrons. The SMILES string of the molecule is C=[S-](=O)c1ccc(C(=O)Nc2ccc(CCCC)cc2)o1. The van der Waals surface area contributed by atoms with Crippen molar-refractivity contribution in [1.82, 2.24) is 0 Å². The molecular formula is C16H18NO3S-. The first-order valence-corrected chi connectivity index (χ1v) is 8.13. The van der Waals surface area contributed by atoms with Gasteiger partial charge in [-0.25, -0.2) is 10.4 Å². The molecule has 1 N–H and O–H groups in total. The summed E-state index contributed by atoms with van der Waals surface area (Å²) in [4.78, 5) is 12.0. The van der Waals surface area contributed by atoms with Gasteiger partial charge in [0.05, 0.1) is 0 Å². The molecule has 2 aromatic rings. The number of nitrogens with one attached hydrogen (secondary N) is 1.